The normalized spacial score (nSPS) is 11.1. The molecule has 2 rings (SSSR count). The molecular weight excluding hydrogens is 368 g/mol. The van der Waals surface area contributed by atoms with Gasteiger partial charge in [-0.1, -0.05) is 12.1 Å². The number of sulfonamides is 1. The van der Waals surface area contributed by atoms with Crippen molar-refractivity contribution in [2.45, 2.75) is 6.54 Å². The van der Waals surface area contributed by atoms with Crippen molar-refractivity contribution < 1.29 is 23.1 Å². The minimum absolute atomic E-state index is 0.0383. The summed E-state index contributed by atoms with van der Waals surface area (Å²) in [6.45, 7) is -0.382. The van der Waals surface area contributed by atoms with Crippen molar-refractivity contribution in [1.82, 2.24) is 4.98 Å². The molecule has 4 N–H and O–H groups in total. The lowest BCUT2D eigenvalue weighted by Crippen LogP contribution is -2.36. The van der Waals surface area contributed by atoms with E-state index in [0.717, 1.165) is 28.1 Å². The molecule has 0 aliphatic carbocycles. The number of anilines is 2. The molecule has 0 spiro atoms. The van der Waals surface area contributed by atoms with Crippen LogP contribution in [0.1, 0.15) is 15.9 Å². The molecule has 0 saturated carbocycles. The van der Waals surface area contributed by atoms with E-state index in [0.29, 0.717) is 0 Å². The fourth-order valence-electron chi connectivity index (χ4n) is 1.97. The van der Waals surface area contributed by atoms with Crippen LogP contribution in [0.15, 0.2) is 29.6 Å². The van der Waals surface area contributed by atoms with E-state index < -0.39 is 28.4 Å². The van der Waals surface area contributed by atoms with E-state index >= 15 is 0 Å². The second-order valence-electron chi connectivity index (χ2n) is 5.07. The van der Waals surface area contributed by atoms with Gasteiger partial charge in [-0.15, -0.1) is 11.3 Å². The molecule has 1 aromatic heterocycles. The minimum Gasteiger partial charge on any atom is -0.480 e. The van der Waals surface area contributed by atoms with Gasteiger partial charge in [0, 0.05) is 17.5 Å². The molecule has 25 heavy (non-hydrogen) atoms. The number of carboxylic acids is 1. The molecule has 1 heterocycles. The molecule has 0 bridgehead atoms. The van der Waals surface area contributed by atoms with Crippen molar-refractivity contribution >= 4 is 44.2 Å². The number of aliphatic carboxylic acids is 1. The topological polar surface area (TPSA) is 143 Å². The molecule has 134 valence electrons. The summed E-state index contributed by atoms with van der Waals surface area (Å²) in [5.74, 6) is -1.76. The minimum atomic E-state index is -3.53. The van der Waals surface area contributed by atoms with E-state index in [1.165, 1.54) is 5.38 Å². The number of nitrogens with zero attached hydrogens (tertiary/aromatic N) is 2. The first-order valence-corrected chi connectivity index (χ1v) is 9.72. The Hall–Kier alpha value is -2.50. The number of hydrogen-bond donors (Lipinski definition) is 3. The number of hydrogen-bond acceptors (Lipinski definition) is 7. The van der Waals surface area contributed by atoms with Crippen LogP contribution >= 0.6 is 11.3 Å². The average Bonchev–Trinajstić information content (AvgIpc) is 2.98. The second kappa shape index (κ2) is 7.59. The Morgan fingerprint density at radius 2 is 2.12 bits per heavy atom. The van der Waals surface area contributed by atoms with Gasteiger partial charge in [0.15, 0.2) is 5.13 Å². The Balaban J connectivity index is 2.35. The van der Waals surface area contributed by atoms with Crippen LogP contribution in [0.2, 0.25) is 0 Å². The first-order valence-electron chi connectivity index (χ1n) is 6.95. The van der Waals surface area contributed by atoms with Crippen LogP contribution in [0.4, 0.5) is 10.9 Å². The summed E-state index contributed by atoms with van der Waals surface area (Å²) in [6.07, 6.45) is 0.965. The molecule has 9 nitrogen and oxygen atoms in total. The lowest BCUT2D eigenvalue weighted by atomic mass is 10.1. The largest absolute Gasteiger partial charge is 0.480 e. The SMILES string of the molecule is CS(=O)(=O)Nc1nc(N(CC(=O)O)C(=O)c2cccc(CN)c2)cs1. The van der Waals surface area contributed by atoms with Crippen LogP contribution < -0.4 is 15.4 Å². The monoisotopic (exact) mass is 384 g/mol. The molecule has 0 aliphatic heterocycles. The third-order valence-electron chi connectivity index (χ3n) is 2.99. The Morgan fingerprint density at radius 3 is 2.72 bits per heavy atom. The number of carbonyl (C=O) groups is 2. The molecule has 0 atom stereocenters. The number of carboxylic acid groups (broad SMARTS) is 1. The van der Waals surface area contributed by atoms with Gasteiger partial charge in [-0.2, -0.15) is 0 Å². The van der Waals surface area contributed by atoms with Gasteiger partial charge in [0.1, 0.15) is 12.4 Å². The van der Waals surface area contributed by atoms with Crippen molar-refractivity contribution in [3.63, 3.8) is 0 Å². The van der Waals surface area contributed by atoms with E-state index in [1.807, 2.05) is 0 Å². The van der Waals surface area contributed by atoms with Crippen LogP contribution in [0, 0.1) is 0 Å². The van der Waals surface area contributed by atoms with E-state index in [4.69, 9.17) is 10.8 Å². The maximum atomic E-state index is 12.7. The van der Waals surface area contributed by atoms with E-state index in [-0.39, 0.29) is 23.1 Å². The Labute approximate surface area is 148 Å². The van der Waals surface area contributed by atoms with Gasteiger partial charge in [-0.3, -0.25) is 19.2 Å². The van der Waals surface area contributed by atoms with Crippen molar-refractivity contribution in [3.05, 3.63) is 40.8 Å². The second-order valence-corrected chi connectivity index (χ2v) is 7.68. The zero-order valence-electron chi connectivity index (χ0n) is 13.2. The van der Waals surface area contributed by atoms with Crippen molar-refractivity contribution in [2.75, 3.05) is 22.4 Å². The number of nitrogens with two attached hydrogens (primary N) is 1. The lowest BCUT2D eigenvalue weighted by molar-refractivity contribution is -0.135. The zero-order valence-corrected chi connectivity index (χ0v) is 14.8. The van der Waals surface area contributed by atoms with Gasteiger partial charge >= 0.3 is 5.97 Å². The first kappa shape index (κ1) is 18.8. The predicted molar refractivity (Wildman–Crippen MR) is 94.2 cm³/mol. The number of thiazole rings is 1. The predicted octanol–water partition coefficient (Wildman–Crippen LogP) is 0.705. The van der Waals surface area contributed by atoms with E-state index in [9.17, 15) is 18.0 Å². The van der Waals surface area contributed by atoms with Crippen molar-refractivity contribution in [1.29, 1.82) is 0 Å². The number of amides is 1. The molecule has 0 fully saturated rings. The van der Waals surface area contributed by atoms with Gasteiger partial charge in [0.05, 0.1) is 6.26 Å². The number of carbonyl (C=O) groups excluding carboxylic acids is 1. The number of nitrogens with one attached hydrogen (secondary N) is 1. The highest BCUT2D eigenvalue weighted by Gasteiger charge is 2.23. The third kappa shape index (κ3) is 5.24. The van der Waals surface area contributed by atoms with Crippen molar-refractivity contribution in [2.24, 2.45) is 5.73 Å². The summed E-state index contributed by atoms with van der Waals surface area (Å²) < 4.78 is 24.7. The van der Waals surface area contributed by atoms with Gasteiger partial charge in [0.25, 0.3) is 5.91 Å². The number of rotatable bonds is 7. The summed E-state index contributed by atoms with van der Waals surface area (Å²) >= 11 is 0.944. The highest BCUT2D eigenvalue weighted by atomic mass is 32.2. The summed E-state index contributed by atoms with van der Waals surface area (Å²) in [5.41, 5.74) is 6.53. The highest BCUT2D eigenvalue weighted by Crippen LogP contribution is 2.24. The molecule has 11 heteroatoms. The summed E-state index contributed by atoms with van der Waals surface area (Å²) in [6, 6.07) is 6.50. The lowest BCUT2D eigenvalue weighted by Gasteiger charge is -2.18. The van der Waals surface area contributed by atoms with Crippen LogP contribution in [-0.4, -0.2) is 43.2 Å². The fourth-order valence-corrected chi connectivity index (χ4v) is 3.53. The molecular formula is C14H16N4O5S2. The molecule has 0 unspecified atom stereocenters. The van der Waals surface area contributed by atoms with E-state index in [1.54, 1.807) is 24.3 Å². The van der Waals surface area contributed by atoms with Gasteiger partial charge in [-0.25, -0.2) is 13.4 Å². The van der Waals surface area contributed by atoms with Gasteiger partial charge < -0.3 is 10.8 Å². The quantitative estimate of drug-likeness (QED) is 0.638. The Morgan fingerprint density at radius 1 is 1.40 bits per heavy atom. The first-order chi connectivity index (χ1) is 11.7. The molecule has 2 aromatic rings. The van der Waals surface area contributed by atoms with Gasteiger partial charge in [0.2, 0.25) is 10.0 Å². The number of aromatic nitrogens is 1. The molecule has 0 aliphatic rings. The average molecular weight is 384 g/mol. The zero-order chi connectivity index (χ0) is 18.6. The maximum absolute atomic E-state index is 12.7. The number of benzene rings is 1. The molecule has 0 saturated heterocycles. The fraction of sp³-hybridized carbons (Fsp3) is 0.214. The van der Waals surface area contributed by atoms with Crippen LogP contribution in [0.5, 0.6) is 0 Å². The Kier molecular flexibility index (Phi) is 5.72. The van der Waals surface area contributed by atoms with Crippen molar-refractivity contribution in [3.8, 4) is 0 Å². The highest BCUT2D eigenvalue weighted by molar-refractivity contribution is 7.92. The summed E-state index contributed by atoms with van der Waals surface area (Å²) in [5, 5.41) is 10.5. The van der Waals surface area contributed by atoms with E-state index in [2.05, 4.69) is 9.71 Å². The molecule has 1 amide bonds. The smallest absolute Gasteiger partial charge is 0.323 e. The maximum Gasteiger partial charge on any atom is 0.323 e. The summed E-state index contributed by atoms with van der Waals surface area (Å²) in [7, 11) is -3.53. The van der Waals surface area contributed by atoms with Crippen LogP contribution in [0.25, 0.3) is 0 Å². The van der Waals surface area contributed by atoms with Crippen LogP contribution in [0.3, 0.4) is 0 Å². The molecule has 0 radical (unpaired) electrons. The standard InChI is InChI=1S/C14H16N4O5S2/c1-25(22,23)17-14-16-11(8-24-14)18(7-12(19)20)13(21)10-4-2-3-9(5-10)6-15/h2-5,8H,6-7,15H2,1H3,(H,16,17)(H,19,20). The van der Waals surface area contributed by atoms with Crippen LogP contribution in [-0.2, 0) is 21.4 Å². The summed E-state index contributed by atoms with van der Waals surface area (Å²) in [4.78, 5) is 28.8. The molecule has 1 aromatic carbocycles. The Bertz CT molecular complexity index is 894. The third-order valence-corrected chi connectivity index (χ3v) is 4.43. The van der Waals surface area contributed by atoms with Gasteiger partial charge in [-0.05, 0) is 17.7 Å².